The van der Waals surface area contributed by atoms with Crippen LogP contribution in [-0.2, 0) is 5.75 Å². The lowest BCUT2D eigenvalue weighted by Crippen LogP contribution is -2.25. The fraction of sp³-hybridized carbons (Fsp3) is 0.300. The van der Waals surface area contributed by atoms with E-state index >= 15 is 0 Å². The Bertz CT molecular complexity index is 308. The van der Waals surface area contributed by atoms with Gasteiger partial charge in [-0.15, -0.1) is 0 Å². The molecule has 0 fully saturated rings. The molecule has 0 atom stereocenters. The van der Waals surface area contributed by atoms with E-state index in [1.807, 2.05) is 12.1 Å². The van der Waals surface area contributed by atoms with E-state index in [1.54, 1.807) is 26.2 Å². The Morgan fingerprint density at radius 2 is 1.93 bits per heavy atom. The van der Waals surface area contributed by atoms with Gasteiger partial charge in [0.1, 0.15) is 5.75 Å². The predicted octanol–water partition coefficient (Wildman–Crippen LogP) is 2.18. The average Bonchev–Trinajstić information content (AvgIpc) is 2.19. The summed E-state index contributed by atoms with van der Waals surface area (Å²) in [6.07, 6.45) is -0.372. The Kier molecular flexibility index (Phi) is 3.83. The second kappa shape index (κ2) is 4.91. The summed E-state index contributed by atoms with van der Waals surface area (Å²) in [5, 5.41) is 0. The molecule has 0 spiro atoms. The SMILES string of the molecule is CN(C)C(=O)Oc1ccc(CS)cc1. The number of thiol groups is 1. The third-order valence-corrected chi connectivity index (χ3v) is 2.04. The summed E-state index contributed by atoms with van der Waals surface area (Å²) in [6, 6.07) is 7.27. The molecule has 0 heterocycles. The van der Waals surface area contributed by atoms with Crippen molar-refractivity contribution < 1.29 is 9.53 Å². The van der Waals surface area contributed by atoms with Crippen molar-refractivity contribution in [3.8, 4) is 5.75 Å². The Hall–Kier alpha value is -1.16. The van der Waals surface area contributed by atoms with Crippen molar-refractivity contribution in [1.29, 1.82) is 0 Å². The topological polar surface area (TPSA) is 29.5 Å². The number of rotatable bonds is 2. The van der Waals surface area contributed by atoms with Gasteiger partial charge in [0.2, 0.25) is 0 Å². The number of ether oxygens (including phenoxy) is 1. The quantitative estimate of drug-likeness (QED) is 0.760. The average molecular weight is 211 g/mol. The number of carbonyl (C=O) groups is 1. The van der Waals surface area contributed by atoms with E-state index in [1.165, 1.54) is 4.90 Å². The van der Waals surface area contributed by atoms with Crippen molar-refractivity contribution in [2.45, 2.75) is 5.75 Å². The van der Waals surface area contributed by atoms with E-state index in [4.69, 9.17) is 4.74 Å². The van der Waals surface area contributed by atoms with Crippen LogP contribution in [0.15, 0.2) is 24.3 Å². The third-order valence-electron chi connectivity index (χ3n) is 1.68. The zero-order chi connectivity index (χ0) is 10.6. The summed E-state index contributed by atoms with van der Waals surface area (Å²) < 4.78 is 5.04. The van der Waals surface area contributed by atoms with Crippen LogP contribution in [0.1, 0.15) is 5.56 Å². The van der Waals surface area contributed by atoms with Gasteiger partial charge in [-0.2, -0.15) is 12.6 Å². The number of nitrogens with zero attached hydrogens (tertiary/aromatic N) is 1. The first kappa shape index (κ1) is 10.9. The molecule has 4 heteroatoms. The van der Waals surface area contributed by atoms with Crippen LogP contribution >= 0.6 is 12.6 Å². The van der Waals surface area contributed by atoms with E-state index in [9.17, 15) is 4.79 Å². The molecule has 0 aliphatic carbocycles. The van der Waals surface area contributed by atoms with E-state index in [2.05, 4.69) is 12.6 Å². The van der Waals surface area contributed by atoms with Crippen molar-refractivity contribution in [2.24, 2.45) is 0 Å². The molecule has 76 valence electrons. The van der Waals surface area contributed by atoms with Crippen LogP contribution in [0.5, 0.6) is 5.75 Å². The van der Waals surface area contributed by atoms with Crippen molar-refractivity contribution >= 4 is 18.7 Å². The minimum atomic E-state index is -0.372. The number of hydrogen-bond donors (Lipinski definition) is 1. The van der Waals surface area contributed by atoms with E-state index < -0.39 is 0 Å². The van der Waals surface area contributed by atoms with Gasteiger partial charge in [-0.1, -0.05) is 12.1 Å². The molecule has 1 rings (SSSR count). The highest BCUT2D eigenvalue weighted by Gasteiger charge is 2.05. The zero-order valence-corrected chi connectivity index (χ0v) is 9.12. The largest absolute Gasteiger partial charge is 0.414 e. The fourth-order valence-corrected chi connectivity index (χ4v) is 1.07. The molecule has 0 unspecified atom stereocenters. The highest BCUT2D eigenvalue weighted by atomic mass is 32.1. The molecular formula is C10H13NO2S. The maximum Gasteiger partial charge on any atom is 0.414 e. The molecule has 0 aliphatic heterocycles. The Labute approximate surface area is 89.1 Å². The Balaban J connectivity index is 2.64. The standard InChI is InChI=1S/C10H13NO2S/c1-11(2)10(12)13-9-5-3-8(7-14)4-6-9/h3-6,14H,7H2,1-2H3. The Morgan fingerprint density at radius 1 is 1.36 bits per heavy atom. The highest BCUT2D eigenvalue weighted by Crippen LogP contribution is 2.13. The van der Waals surface area contributed by atoms with Gasteiger partial charge in [0.25, 0.3) is 0 Å². The van der Waals surface area contributed by atoms with Gasteiger partial charge < -0.3 is 9.64 Å². The molecule has 1 amide bonds. The number of carbonyl (C=O) groups excluding carboxylic acids is 1. The number of benzene rings is 1. The minimum Gasteiger partial charge on any atom is -0.410 e. The van der Waals surface area contributed by atoms with Crippen LogP contribution in [0, 0.1) is 0 Å². The van der Waals surface area contributed by atoms with Gasteiger partial charge in [0, 0.05) is 19.8 Å². The molecule has 0 aromatic heterocycles. The van der Waals surface area contributed by atoms with Crippen LogP contribution in [0.3, 0.4) is 0 Å². The summed E-state index contributed by atoms with van der Waals surface area (Å²) >= 11 is 4.13. The van der Waals surface area contributed by atoms with Gasteiger partial charge >= 0.3 is 6.09 Å². The number of amides is 1. The Morgan fingerprint density at radius 3 is 2.36 bits per heavy atom. The van der Waals surface area contributed by atoms with Crippen LogP contribution in [0.2, 0.25) is 0 Å². The maximum atomic E-state index is 11.2. The summed E-state index contributed by atoms with van der Waals surface area (Å²) in [5.41, 5.74) is 1.10. The molecule has 3 nitrogen and oxygen atoms in total. The first-order valence-corrected chi connectivity index (χ1v) is 4.85. The number of hydrogen-bond acceptors (Lipinski definition) is 3. The van der Waals surface area contributed by atoms with Gasteiger partial charge in [-0.25, -0.2) is 4.79 Å². The first-order valence-electron chi connectivity index (χ1n) is 4.22. The minimum absolute atomic E-state index is 0.372. The van der Waals surface area contributed by atoms with Crippen molar-refractivity contribution in [2.75, 3.05) is 14.1 Å². The molecule has 0 radical (unpaired) electrons. The molecular weight excluding hydrogens is 198 g/mol. The molecule has 0 saturated carbocycles. The maximum absolute atomic E-state index is 11.2. The summed E-state index contributed by atoms with van der Waals surface area (Å²) in [6.45, 7) is 0. The fourth-order valence-electron chi connectivity index (χ4n) is 0.855. The first-order chi connectivity index (χ1) is 6.63. The molecule has 0 saturated heterocycles. The van der Waals surface area contributed by atoms with E-state index in [-0.39, 0.29) is 6.09 Å². The second-order valence-electron chi connectivity index (χ2n) is 3.06. The van der Waals surface area contributed by atoms with Crippen molar-refractivity contribution in [3.63, 3.8) is 0 Å². The van der Waals surface area contributed by atoms with Gasteiger partial charge in [-0.3, -0.25) is 0 Å². The van der Waals surface area contributed by atoms with E-state index in [0.717, 1.165) is 5.56 Å². The molecule has 0 N–H and O–H groups in total. The van der Waals surface area contributed by atoms with Gasteiger partial charge in [0.05, 0.1) is 0 Å². The monoisotopic (exact) mass is 211 g/mol. The second-order valence-corrected chi connectivity index (χ2v) is 3.38. The smallest absolute Gasteiger partial charge is 0.410 e. The molecule has 1 aromatic carbocycles. The third kappa shape index (κ3) is 2.96. The molecule has 0 aliphatic rings. The lowest BCUT2D eigenvalue weighted by Gasteiger charge is -2.10. The van der Waals surface area contributed by atoms with Gasteiger partial charge in [-0.05, 0) is 17.7 Å². The van der Waals surface area contributed by atoms with Crippen LogP contribution in [0.25, 0.3) is 0 Å². The van der Waals surface area contributed by atoms with Crippen LogP contribution in [0.4, 0.5) is 4.79 Å². The lowest BCUT2D eigenvalue weighted by molar-refractivity contribution is 0.172. The molecule has 0 bridgehead atoms. The summed E-state index contributed by atoms with van der Waals surface area (Å²) in [4.78, 5) is 12.5. The zero-order valence-electron chi connectivity index (χ0n) is 8.23. The lowest BCUT2D eigenvalue weighted by atomic mass is 10.2. The van der Waals surface area contributed by atoms with Crippen LogP contribution < -0.4 is 4.74 Å². The van der Waals surface area contributed by atoms with E-state index in [0.29, 0.717) is 11.5 Å². The highest BCUT2D eigenvalue weighted by molar-refractivity contribution is 7.79. The predicted molar refractivity (Wildman–Crippen MR) is 58.8 cm³/mol. The molecule has 1 aromatic rings. The van der Waals surface area contributed by atoms with Gasteiger partial charge in [0.15, 0.2) is 0 Å². The molecule has 14 heavy (non-hydrogen) atoms. The normalized spacial score (nSPS) is 9.64. The van der Waals surface area contributed by atoms with Crippen molar-refractivity contribution in [1.82, 2.24) is 4.90 Å². The van der Waals surface area contributed by atoms with Crippen molar-refractivity contribution in [3.05, 3.63) is 29.8 Å². The summed E-state index contributed by atoms with van der Waals surface area (Å²) in [7, 11) is 3.29. The van der Waals surface area contributed by atoms with Crippen LogP contribution in [-0.4, -0.2) is 25.1 Å². The summed E-state index contributed by atoms with van der Waals surface area (Å²) in [5.74, 6) is 1.23.